The molecule has 1 aliphatic heterocycles. The van der Waals surface area contributed by atoms with Crippen molar-refractivity contribution < 1.29 is 14.6 Å². The van der Waals surface area contributed by atoms with Crippen LogP contribution in [0, 0.1) is 20.2 Å². The molecule has 1 heterocycles. The van der Waals surface area contributed by atoms with Crippen molar-refractivity contribution in [1.82, 2.24) is 5.43 Å². The first-order valence-corrected chi connectivity index (χ1v) is 11.7. The zero-order chi connectivity index (χ0) is 27.4. The molecule has 2 N–H and O–H groups in total. The normalized spacial score (nSPS) is 12.8. The average molecular weight is 524 g/mol. The van der Waals surface area contributed by atoms with E-state index in [0.717, 1.165) is 29.6 Å². The van der Waals surface area contributed by atoms with E-state index in [1.54, 1.807) is 18.2 Å². The van der Waals surface area contributed by atoms with E-state index in [1.165, 1.54) is 0 Å². The molecule has 4 aromatic rings. The topological polar surface area (TPSA) is 146 Å². The highest BCUT2D eigenvalue weighted by atomic mass is 16.6. The molecular weight excluding hydrogens is 502 g/mol. The van der Waals surface area contributed by atoms with Gasteiger partial charge < -0.3 is 5.32 Å². The fourth-order valence-corrected chi connectivity index (χ4v) is 3.97. The Morgan fingerprint density at radius 3 is 2.03 bits per heavy atom. The van der Waals surface area contributed by atoms with Gasteiger partial charge in [0.1, 0.15) is 6.67 Å². The first-order chi connectivity index (χ1) is 18.9. The smallest absolute Gasteiger partial charge is 0.277 e. The molecule has 0 radical (unpaired) electrons. The summed E-state index contributed by atoms with van der Waals surface area (Å²) in [5, 5.41) is 33.6. The lowest BCUT2D eigenvalue weighted by atomic mass is 10.1. The second kappa shape index (κ2) is 10.7. The highest BCUT2D eigenvalue weighted by Gasteiger charge is 2.23. The largest absolute Gasteiger partial charge is 0.322 e. The number of hydrazine groups is 1. The predicted molar refractivity (Wildman–Crippen MR) is 147 cm³/mol. The molecule has 194 valence electrons. The van der Waals surface area contributed by atoms with Crippen LogP contribution in [0.2, 0.25) is 0 Å². The lowest BCUT2D eigenvalue weighted by Gasteiger charge is -2.36. The van der Waals surface area contributed by atoms with Crippen molar-refractivity contribution in [2.24, 2.45) is 5.10 Å². The number of carbonyl (C=O) groups excluding carboxylic acids is 1. The lowest BCUT2D eigenvalue weighted by Crippen LogP contribution is -2.53. The molecule has 1 aliphatic rings. The summed E-state index contributed by atoms with van der Waals surface area (Å²) in [6.07, 6.45) is 0. The molecule has 0 aliphatic carbocycles. The maximum absolute atomic E-state index is 12.9. The number of hydrogen-bond donors (Lipinski definition) is 2. The third kappa shape index (κ3) is 5.64. The van der Waals surface area contributed by atoms with Gasteiger partial charge in [0, 0.05) is 23.4 Å². The summed E-state index contributed by atoms with van der Waals surface area (Å²) in [5.41, 5.74) is 4.84. The average Bonchev–Trinajstić information content (AvgIpc) is 2.97. The standard InChI is InChI=1S/C27H21N7O5/c35-27(20-15-24(33(36)37)17-25(16-20)34(38)39)28-21-9-7-8-19(14-21)26-29-31(22-10-3-1-4-11-22)18-32(30-26)23-12-5-2-6-13-23/h1-17H,18H2,(H,28,35)(H,29,30). The Labute approximate surface area is 222 Å². The number of anilines is 3. The fraction of sp³-hybridized carbons (Fsp3) is 0.0370. The molecule has 0 fully saturated rings. The van der Waals surface area contributed by atoms with Crippen molar-refractivity contribution in [3.05, 3.63) is 134 Å². The number of carbonyl (C=O) groups is 1. The minimum Gasteiger partial charge on any atom is -0.322 e. The monoisotopic (exact) mass is 523 g/mol. The van der Waals surface area contributed by atoms with E-state index < -0.39 is 27.1 Å². The molecule has 12 heteroatoms. The van der Waals surface area contributed by atoms with E-state index in [4.69, 9.17) is 5.10 Å². The fourth-order valence-electron chi connectivity index (χ4n) is 3.97. The van der Waals surface area contributed by atoms with Crippen LogP contribution >= 0.6 is 0 Å². The maximum atomic E-state index is 12.9. The third-order valence-corrected chi connectivity index (χ3v) is 5.84. The molecule has 39 heavy (non-hydrogen) atoms. The van der Waals surface area contributed by atoms with Gasteiger partial charge in [-0.3, -0.25) is 35.5 Å². The van der Waals surface area contributed by atoms with E-state index in [-0.39, 0.29) is 5.56 Å². The van der Waals surface area contributed by atoms with Gasteiger partial charge in [-0.05, 0) is 36.4 Å². The molecule has 5 rings (SSSR count). The summed E-state index contributed by atoms with van der Waals surface area (Å²) in [6, 6.07) is 29.1. The van der Waals surface area contributed by atoms with Gasteiger partial charge in [-0.25, -0.2) is 5.01 Å². The third-order valence-electron chi connectivity index (χ3n) is 5.84. The molecule has 0 saturated heterocycles. The number of rotatable bonds is 7. The summed E-state index contributed by atoms with van der Waals surface area (Å²) >= 11 is 0. The van der Waals surface area contributed by atoms with Gasteiger partial charge in [0.05, 0.1) is 32.9 Å². The van der Waals surface area contributed by atoms with Crippen molar-refractivity contribution in [3.8, 4) is 0 Å². The number of nitrogens with one attached hydrogen (secondary N) is 2. The second-order valence-electron chi connectivity index (χ2n) is 8.49. The molecule has 0 saturated carbocycles. The van der Waals surface area contributed by atoms with Gasteiger partial charge in [0.2, 0.25) is 0 Å². The van der Waals surface area contributed by atoms with Gasteiger partial charge in [-0.1, -0.05) is 48.5 Å². The molecule has 0 spiro atoms. The number of hydrazone groups is 1. The van der Waals surface area contributed by atoms with Crippen LogP contribution in [0.1, 0.15) is 15.9 Å². The number of nitro benzene ring substituents is 2. The lowest BCUT2D eigenvalue weighted by molar-refractivity contribution is -0.394. The highest BCUT2D eigenvalue weighted by molar-refractivity contribution is 6.06. The van der Waals surface area contributed by atoms with Crippen molar-refractivity contribution >= 4 is 40.2 Å². The van der Waals surface area contributed by atoms with Crippen LogP contribution in [0.4, 0.5) is 28.4 Å². The van der Waals surface area contributed by atoms with E-state index >= 15 is 0 Å². The van der Waals surface area contributed by atoms with Crippen molar-refractivity contribution in [1.29, 1.82) is 0 Å². The number of para-hydroxylation sites is 2. The molecule has 12 nitrogen and oxygen atoms in total. The van der Waals surface area contributed by atoms with Gasteiger partial charge in [-0.2, -0.15) is 5.10 Å². The molecule has 1 amide bonds. The number of benzene rings is 4. The van der Waals surface area contributed by atoms with E-state index in [2.05, 4.69) is 10.7 Å². The predicted octanol–water partition coefficient (Wildman–Crippen LogP) is 4.91. The Morgan fingerprint density at radius 1 is 0.795 bits per heavy atom. The zero-order valence-corrected chi connectivity index (χ0v) is 20.3. The Hall–Kier alpha value is -5.78. The van der Waals surface area contributed by atoms with Gasteiger partial charge in [0.15, 0.2) is 5.84 Å². The van der Waals surface area contributed by atoms with Crippen LogP contribution < -0.4 is 20.8 Å². The molecule has 4 aromatic carbocycles. The highest BCUT2D eigenvalue weighted by Crippen LogP contribution is 2.25. The van der Waals surface area contributed by atoms with Crippen molar-refractivity contribution in [3.63, 3.8) is 0 Å². The quantitative estimate of drug-likeness (QED) is 0.257. The molecular formula is C27H21N7O5. The Balaban J connectivity index is 1.45. The van der Waals surface area contributed by atoms with Crippen LogP contribution in [-0.4, -0.2) is 28.3 Å². The van der Waals surface area contributed by atoms with Crippen LogP contribution in [0.5, 0.6) is 0 Å². The summed E-state index contributed by atoms with van der Waals surface area (Å²) in [7, 11) is 0. The second-order valence-corrected chi connectivity index (χ2v) is 8.49. The Bertz CT molecular complexity index is 1550. The van der Waals surface area contributed by atoms with Crippen molar-refractivity contribution in [2.45, 2.75) is 0 Å². The summed E-state index contributed by atoms with van der Waals surface area (Å²) < 4.78 is 0. The number of nitro groups is 2. The van der Waals surface area contributed by atoms with Crippen molar-refractivity contribution in [2.75, 3.05) is 22.0 Å². The molecule has 0 unspecified atom stereocenters. The first kappa shape index (κ1) is 24.9. The van der Waals surface area contributed by atoms with Crippen LogP contribution in [0.15, 0.2) is 108 Å². The number of hydrogen-bond acceptors (Lipinski definition) is 9. The van der Waals surface area contributed by atoms with Crippen LogP contribution in [0.3, 0.4) is 0 Å². The van der Waals surface area contributed by atoms with E-state index in [0.29, 0.717) is 23.8 Å². The maximum Gasteiger partial charge on any atom is 0.277 e. The Kier molecular flexibility index (Phi) is 6.82. The molecule has 0 aromatic heterocycles. The number of nitrogens with zero attached hydrogens (tertiary/aromatic N) is 5. The van der Waals surface area contributed by atoms with Gasteiger partial charge in [0.25, 0.3) is 17.3 Å². The number of amides is 1. The number of non-ortho nitro benzene ring substituents is 2. The minimum atomic E-state index is -0.783. The van der Waals surface area contributed by atoms with Crippen LogP contribution in [0.25, 0.3) is 0 Å². The van der Waals surface area contributed by atoms with Gasteiger partial charge in [-0.15, -0.1) is 0 Å². The minimum absolute atomic E-state index is 0.208. The SMILES string of the molecule is O=C(Nc1cccc(C2=NN(c3ccccc3)CN(c3ccccc3)N2)c1)c1cc([N+](=O)[O-])cc([N+](=O)[O-])c1. The van der Waals surface area contributed by atoms with Gasteiger partial charge >= 0.3 is 0 Å². The van der Waals surface area contributed by atoms with E-state index in [1.807, 2.05) is 76.7 Å². The number of amidine groups is 1. The first-order valence-electron chi connectivity index (χ1n) is 11.7. The molecule has 0 atom stereocenters. The summed E-state index contributed by atoms with van der Waals surface area (Å²) in [6.45, 7) is 0.430. The summed E-state index contributed by atoms with van der Waals surface area (Å²) in [4.78, 5) is 33.8. The summed E-state index contributed by atoms with van der Waals surface area (Å²) in [5.74, 6) is -0.217. The zero-order valence-electron chi connectivity index (χ0n) is 20.3. The van der Waals surface area contributed by atoms with Crippen LogP contribution in [-0.2, 0) is 0 Å². The molecule has 0 bridgehead atoms. The van der Waals surface area contributed by atoms with E-state index in [9.17, 15) is 25.0 Å². The Morgan fingerprint density at radius 2 is 1.41 bits per heavy atom.